The van der Waals surface area contributed by atoms with Gasteiger partial charge in [-0.2, -0.15) is 4.31 Å². The van der Waals surface area contributed by atoms with E-state index in [0.717, 1.165) is 16.3 Å². The summed E-state index contributed by atoms with van der Waals surface area (Å²) in [5.74, 6) is -1.08. The summed E-state index contributed by atoms with van der Waals surface area (Å²) in [6, 6.07) is 5.68. The summed E-state index contributed by atoms with van der Waals surface area (Å²) in [5.41, 5.74) is 1.05. The number of hydrogen-bond acceptors (Lipinski definition) is 3. The van der Waals surface area contributed by atoms with Gasteiger partial charge in [0.05, 0.1) is 4.90 Å². The minimum Gasteiger partial charge on any atom is -0.480 e. The van der Waals surface area contributed by atoms with Crippen LogP contribution in [0.15, 0.2) is 29.2 Å². The number of aliphatic carboxylic acids is 1. The van der Waals surface area contributed by atoms with E-state index in [1.807, 2.05) is 6.92 Å². The molecule has 0 aromatic heterocycles. The van der Waals surface area contributed by atoms with Gasteiger partial charge in [-0.25, -0.2) is 8.42 Å². The molecule has 0 bridgehead atoms. The molecular weight excluding hydrogens is 266 g/mol. The van der Waals surface area contributed by atoms with Gasteiger partial charge in [0, 0.05) is 6.54 Å². The standard InChI is InChI=1S/C13H17NO4S/c1-2-10-5-7-11(8-6-10)19(17,18)14-9-3-4-12(14)13(15)16/h5-8,12H,2-4,9H2,1H3,(H,15,16). The molecule has 104 valence electrons. The van der Waals surface area contributed by atoms with E-state index in [0.29, 0.717) is 12.8 Å². The van der Waals surface area contributed by atoms with Crippen LogP contribution in [0.5, 0.6) is 0 Å². The maximum Gasteiger partial charge on any atom is 0.322 e. The van der Waals surface area contributed by atoms with Crippen LogP contribution in [0.3, 0.4) is 0 Å². The average molecular weight is 283 g/mol. The van der Waals surface area contributed by atoms with Crippen LogP contribution in [-0.2, 0) is 21.2 Å². The highest BCUT2D eigenvalue weighted by Gasteiger charge is 2.39. The number of sulfonamides is 1. The number of rotatable bonds is 4. The van der Waals surface area contributed by atoms with Gasteiger partial charge in [0.25, 0.3) is 0 Å². The van der Waals surface area contributed by atoms with Gasteiger partial charge in [-0.15, -0.1) is 0 Å². The second-order valence-electron chi connectivity index (χ2n) is 4.61. The molecule has 19 heavy (non-hydrogen) atoms. The van der Waals surface area contributed by atoms with Crippen LogP contribution in [0.1, 0.15) is 25.3 Å². The molecule has 5 nitrogen and oxygen atoms in total. The van der Waals surface area contributed by atoms with E-state index in [9.17, 15) is 13.2 Å². The van der Waals surface area contributed by atoms with Gasteiger partial charge < -0.3 is 5.11 Å². The minimum absolute atomic E-state index is 0.165. The average Bonchev–Trinajstić information content (AvgIpc) is 2.89. The zero-order valence-electron chi connectivity index (χ0n) is 10.7. The van der Waals surface area contributed by atoms with Crippen LogP contribution in [-0.4, -0.2) is 36.4 Å². The Bertz CT molecular complexity index is 565. The van der Waals surface area contributed by atoms with Crippen molar-refractivity contribution in [1.29, 1.82) is 0 Å². The van der Waals surface area contributed by atoms with Gasteiger partial charge in [0.1, 0.15) is 6.04 Å². The molecule has 1 aromatic carbocycles. The van der Waals surface area contributed by atoms with E-state index in [1.54, 1.807) is 24.3 Å². The number of carbonyl (C=O) groups is 1. The molecule has 1 heterocycles. The first-order valence-corrected chi connectivity index (χ1v) is 7.74. The lowest BCUT2D eigenvalue weighted by Gasteiger charge is -2.21. The Morgan fingerprint density at radius 2 is 2.00 bits per heavy atom. The minimum atomic E-state index is -3.71. The van der Waals surface area contributed by atoms with Crippen molar-refractivity contribution in [2.24, 2.45) is 0 Å². The van der Waals surface area contributed by atoms with E-state index in [1.165, 1.54) is 0 Å². The topological polar surface area (TPSA) is 74.7 Å². The molecule has 1 fully saturated rings. The van der Waals surface area contributed by atoms with Crippen LogP contribution >= 0.6 is 0 Å². The second-order valence-corrected chi connectivity index (χ2v) is 6.50. The van der Waals surface area contributed by atoms with Crippen molar-refractivity contribution in [1.82, 2.24) is 4.31 Å². The highest BCUT2D eigenvalue weighted by atomic mass is 32.2. The van der Waals surface area contributed by atoms with Gasteiger partial charge >= 0.3 is 5.97 Å². The first kappa shape index (κ1) is 14.0. The Balaban J connectivity index is 2.33. The van der Waals surface area contributed by atoms with E-state index in [-0.39, 0.29) is 11.4 Å². The maximum absolute atomic E-state index is 12.4. The predicted octanol–water partition coefficient (Wildman–Crippen LogP) is 1.49. The molecular formula is C13H17NO4S. The highest BCUT2D eigenvalue weighted by Crippen LogP contribution is 2.26. The van der Waals surface area contributed by atoms with E-state index in [4.69, 9.17) is 5.11 Å². The normalized spacial score (nSPS) is 20.6. The molecule has 1 atom stereocenters. The second kappa shape index (κ2) is 5.30. The molecule has 1 saturated heterocycles. The fourth-order valence-corrected chi connectivity index (χ4v) is 3.96. The van der Waals surface area contributed by atoms with Gasteiger partial charge in [0.15, 0.2) is 0 Å². The summed E-state index contributed by atoms with van der Waals surface area (Å²) in [6.07, 6.45) is 1.80. The fourth-order valence-electron chi connectivity index (χ4n) is 2.31. The van der Waals surface area contributed by atoms with Crippen LogP contribution in [0.2, 0.25) is 0 Å². The van der Waals surface area contributed by atoms with Crippen molar-refractivity contribution >= 4 is 16.0 Å². The molecule has 1 unspecified atom stereocenters. The zero-order chi connectivity index (χ0) is 14.0. The Kier molecular flexibility index (Phi) is 3.91. The molecule has 6 heteroatoms. The lowest BCUT2D eigenvalue weighted by molar-refractivity contribution is -0.140. The third kappa shape index (κ3) is 2.64. The Labute approximate surface area is 112 Å². The summed E-state index contributed by atoms with van der Waals surface area (Å²) in [7, 11) is -3.71. The monoisotopic (exact) mass is 283 g/mol. The van der Waals surface area contributed by atoms with Crippen molar-refractivity contribution < 1.29 is 18.3 Å². The number of aryl methyl sites for hydroxylation is 1. The molecule has 1 N–H and O–H groups in total. The highest BCUT2D eigenvalue weighted by molar-refractivity contribution is 7.89. The quantitative estimate of drug-likeness (QED) is 0.908. The van der Waals surface area contributed by atoms with E-state index in [2.05, 4.69) is 0 Å². The van der Waals surface area contributed by atoms with Crippen molar-refractivity contribution in [3.05, 3.63) is 29.8 Å². The van der Waals surface area contributed by atoms with E-state index < -0.39 is 22.0 Å². The smallest absolute Gasteiger partial charge is 0.322 e. The van der Waals surface area contributed by atoms with Crippen molar-refractivity contribution in [2.45, 2.75) is 37.1 Å². The predicted molar refractivity (Wildman–Crippen MR) is 70.4 cm³/mol. The van der Waals surface area contributed by atoms with Crippen LogP contribution < -0.4 is 0 Å². The number of carboxylic acids is 1. The first-order chi connectivity index (χ1) is 8.96. The van der Waals surface area contributed by atoms with Crippen LogP contribution in [0, 0.1) is 0 Å². The molecule has 0 aliphatic carbocycles. The summed E-state index contributed by atoms with van der Waals surface area (Å²) < 4.78 is 25.9. The van der Waals surface area contributed by atoms with Crippen molar-refractivity contribution in [3.8, 4) is 0 Å². The van der Waals surface area contributed by atoms with Crippen LogP contribution in [0.4, 0.5) is 0 Å². The molecule has 1 aliphatic heterocycles. The van der Waals surface area contributed by atoms with Gasteiger partial charge in [-0.1, -0.05) is 19.1 Å². The summed E-state index contributed by atoms with van der Waals surface area (Å²) in [6.45, 7) is 2.26. The lowest BCUT2D eigenvalue weighted by atomic mass is 10.2. The Morgan fingerprint density at radius 3 is 2.53 bits per heavy atom. The molecule has 2 rings (SSSR count). The van der Waals surface area contributed by atoms with Crippen molar-refractivity contribution in [3.63, 3.8) is 0 Å². The number of carboxylic acid groups (broad SMARTS) is 1. The molecule has 0 radical (unpaired) electrons. The zero-order valence-corrected chi connectivity index (χ0v) is 11.6. The van der Waals surface area contributed by atoms with Crippen molar-refractivity contribution in [2.75, 3.05) is 6.54 Å². The summed E-state index contributed by atoms with van der Waals surface area (Å²) in [4.78, 5) is 11.2. The van der Waals surface area contributed by atoms with E-state index >= 15 is 0 Å². The van der Waals surface area contributed by atoms with Gasteiger partial charge in [0.2, 0.25) is 10.0 Å². The first-order valence-electron chi connectivity index (χ1n) is 6.30. The molecule has 1 aromatic rings. The number of hydrogen-bond donors (Lipinski definition) is 1. The molecule has 0 saturated carbocycles. The molecule has 0 amide bonds. The van der Waals surface area contributed by atoms with Gasteiger partial charge in [-0.3, -0.25) is 4.79 Å². The number of benzene rings is 1. The summed E-state index contributed by atoms with van der Waals surface area (Å²) >= 11 is 0. The third-order valence-corrected chi connectivity index (χ3v) is 5.35. The largest absolute Gasteiger partial charge is 0.480 e. The maximum atomic E-state index is 12.4. The summed E-state index contributed by atoms with van der Waals surface area (Å²) in [5, 5.41) is 9.07. The SMILES string of the molecule is CCc1ccc(S(=O)(=O)N2CCCC2C(=O)O)cc1. The van der Waals surface area contributed by atoms with Gasteiger partial charge in [-0.05, 0) is 37.0 Å². The molecule has 1 aliphatic rings. The van der Waals surface area contributed by atoms with Crippen LogP contribution in [0.25, 0.3) is 0 Å². The lowest BCUT2D eigenvalue weighted by Crippen LogP contribution is -2.40. The fraction of sp³-hybridized carbons (Fsp3) is 0.462. The molecule has 0 spiro atoms. The Hall–Kier alpha value is -1.40. The third-order valence-electron chi connectivity index (χ3n) is 3.43. The number of nitrogens with zero attached hydrogens (tertiary/aromatic N) is 1. The Morgan fingerprint density at radius 1 is 1.37 bits per heavy atom.